The van der Waals surface area contributed by atoms with Crippen LogP contribution in [0, 0.1) is 0 Å². The smallest absolute Gasteiger partial charge is 0.254 e. The van der Waals surface area contributed by atoms with Crippen molar-refractivity contribution >= 4 is 5.91 Å². The van der Waals surface area contributed by atoms with Gasteiger partial charge in [0.1, 0.15) is 5.75 Å². The minimum Gasteiger partial charge on any atom is -0.508 e. The highest BCUT2D eigenvalue weighted by atomic mass is 16.5. The van der Waals surface area contributed by atoms with Crippen molar-refractivity contribution in [1.29, 1.82) is 0 Å². The summed E-state index contributed by atoms with van der Waals surface area (Å²) in [6.07, 6.45) is 2.15. The van der Waals surface area contributed by atoms with Crippen molar-refractivity contribution in [1.82, 2.24) is 4.90 Å². The average molecular weight is 355 g/mol. The van der Waals surface area contributed by atoms with E-state index in [0.29, 0.717) is 25.3 Å². The van der Waals surface area contributed by atoms with Crippen molar-refractivity contribution in [3.05, 3.63) is 54.1 Å². The number of rotatable bonds is 7. The van der Waals surface area contributed by atoms with Crippen LogP contribution in [-0.4, -0.2) is 55.4 Å². The molecule has 1 amide bonds. The number of amides is 1. The van der Waals surface area contributed by atoms with E-state index in [2.05, 4.69) is 0 Å². The Morgan fingerprint density at radius 3 is 2.73 bits per heavy atom. The van der Waals surface area contributed by atoms with Crippen LogP contribution in [-0.2, 0) is 9.47 Å². The van der Waals surface area contributed by atoms with E-state index in [1.54, 1.807) is 19.2 Å². The number of carbonyl (C=O) groups excluding carboxylic acids is 1. The first-order chi connectivity index (χ1) is 12.7. The lowest BCUT2D eigenvalue weighted by atomic mass is 10.0. The van der Waals surface area contributed by atoms with E-state index in [1.807, 2.05) is 41.3 Å². The molecule has 0 radical (unpaired) electrons. The lowest BCUT2D eigenvalue weighted by Gasteiger charge is -2.25. The van der Waals surface area contributed by atoms with Crippen molar-refractivity contribution in [3.63, 3.8) is 0 Å². The highest BCUT2D eigenvalue weighted by Crippen LogP contribution is 2.23. The van der Waals surface area contributed by atoms with E-state index in [1.165, 1.54) is 0 Å². The summed E-state index contributed by atoms with van der Waals surface area (Å²) in [7, 11) is 1.64. The Balaban J connectivity index is 1.79. The highest BCUT2D eigenvalue weighted by molar-refractivity contribution is 5.95. The molecule has 0 aliphatic carbocycles. The number of carbonyl (C=O) groups is 1. The first-order valence-corrected chi connectivity index (χ1v) is 8.96. The van der Waals surface area contributed by atoms with Gasteiger partial charge in [-0.2, -0.15) is 0 Å². The molecule has 1 fully saturated rings. The number of hydrogen-bond donors (Lipinski definition) is 1. The maximum absolute atomic E-state index is 13.1. The number of benzene rings is 2. The largest absolute Gasteiger partial charge is 0.508 e. The number of aromatic hydroxyl groups is 1. The molecule has 5 heteroatoms. The van der Waals surface area contributed by atoms with Gasteiger partial charge in [0.25, 0.3) is 5.91 Å². The van der Waals surface area contributed by atoms with Crippen molar-refractivity contribution in [2.24, 2.45) is 0 Å². The lowest BCUT2D eigenvalue weighted by Crippen LogP contribution is -2.39. The monoisotopic (exact) mass is 355 g/mol. The zero-order valence-corrected chi connectivity index (χ0v) is 15.1. The van der Waals surface area contributed by atoms with Crippen LogP contribution < -0.4 is 0 Å². The van der Waals surface area contributed by atoms with Gasteiger partial charge in [0, 0.05) is 32.4 Å². The SMILES string of the molecule is COCCN(C[C@@H]1CCCO1)C(=O)c1cccc(-c2ccc(O)cc2)c1. The van der Waals surface area contributed by atoms with Crippen molar-refractivity contribution < 1.29 is 19.4 Å². The number of ether oxygens (including phenoxy) is 2. The van der Waals surface area contributed by atoms with Crippen LogP contribution in [0.4, 0.5) is 0 Å². The van der Waals surface area contributed by atoms with Crippen molar-refractivity contribution in [2.75, 3.05) is 33.4 Å². The molecule has 1 saturated heterocycles. The molecule has 26 heavy (non-hydrogen) atoms. The minimum atomic E-state index is -0.0156. The van der Waals surface area contributed by atoms with Gasteiger partial charge in [0.05, 0.1) is 12.7 Å². The van der Waals surface area contributed by atoms with Gasteiger partial charge in [-0.15, -0.1) is 0 Å². The Morgan fingerprint density at radius 1 is 1.23 bits per heavy atom. The van der Waals surface area contributed by atoms with Gasteiger partial charge < -0.3 is 19.5 Å². The second-order valence-electron chi connectivity index (χ2n) is 6.51. The number of methoxy groups -OCH3 is 1. The Hall–Kier alpha value is -2.37. The maximum Gasteiger partial charge on any atom is 0.254 e. The lowest BCUT2D eigenvalue weighted by molar-refractivity contribution is 0.0456. The van der Waals surface area contributed by atoms with Gasteiger partial charge in [0.15, 0.2) is 0 Å². The van der Waals surface area contributed by atoms with Gasteiger partial charge >= 0.3 is 0 Å². The summed E-state index contributed by atoms with van der Waals surface area (Å²) in [5.41, 5.74) is 2.55. The molecule has 3 rings (SSSR count). The van der Waals surface area contributed by atoms with E-state index in [4.69, 9.17) is 9.47 Å². The predicted octanol–water partition coefficient (Wildman–Crippen LogP) is 3.33. The van der Waals surface area contributed by atoms with Crippen molar-refractivity contribution in [3.8, 4) is 16.9 Å². The van der Waals surface area contributed by atoms with E-state index in [0.717, 1.165) is 30.6 Å². The molecule has 1 heterocycles. The fraction of sp³-hybridized carbons (Fsp3) is 0.381. The van der Waals surface area contributed by atoms with Crippen LogP contribution in [0.3, 0.4) is 0 Å². The summed E-state index contributed by atoms with van der Waals surface area (Å²) in [6.45, 7) is 2.40. The van der Waals surface area contributed by atoms with Gasteiger partial charge in [-0.25, -0.2) is 0 Å². The fourth-order valence-electron chi connectivity index (χ4n) is 3.18. The molecule has 2 aromatic carbocycles. The summed E-state index contributed by atoms with van der Waals surface area (Å²) < 4.78 is 10.9. The second-order valence-corrected chi connectivity index (χ2v) is 6.51. The Labute approximate surface area is 154 Å². The van der Waals surface area contributed by atoms with Gasteiger partial charge in [-0.1, -0.05) is 24.3 Å². The number of phenolic OH excluding ortho intramolecular Hbond substituents is 1. The molecule has 1 atom stereocenters. The van der Waals surface area contributed by atoms with Crippen LogP contribution in [0.15, 0.2) is 48.5 Å². The van der Waals surface area contributed by atoms with E-state index < -0.39 is 0 Å². The minimum absolute atomic E-state index is 0.0156. The molecule has 2 aromatic rings. The van der Waals surface area contributed by atoms with Gasteiger partial charge in [-0.05, 0) is 48.2 Å². The molecule has 0 spiro atoms. The number of phenols is 1. The fourth-order valence-corrected chi connectivity index (χ4v) is 3.18. The third kappa shape index (κ3) is 4.62. The van der Waals surface area contributed by atoms with Crippen molar-refractivity contribution in [2.45, 2.75) is 18.9 Å². The summed E-state index contributed by atoms with van der Waals surface area (Å²) >= 11 is 0. The molecular weight excluding hydrogens is 330 g/mol. The summed E-state index contributed by atoms with van der Waals surface area (Å²) in [5, 5.41) is 9.45. The number of hydrogen-bond acceptors (Lipinski definition) is 4. The standard InChI is InChI=1S/C21H25NO4/c1-25-13-11-22(15-20-6-3-12-26-20)21(24)18-5-2-4-17(14-18)16-7-9-19(23)10-8-16/h2,4-5,7-10,14,20,23H,3,6,11-13,15H2,1H3/t20-/m0/s1. The first-order valence-electron chi connectivity index (χ1n) is 8.96. The molecular formula is C21H25NO4. The third-order valence-electron chi connectivity index (χ3n) is 4.61. The molecule has 1 aliphatic rings. The molecule has 1 aliphatic heterocycles. The molecule has 1 N–H and O–H groups in total. The summed E-state index contributed by atoms with van der Waals surface area (Å²) in [5.74, 6) is 0.210. The molecule has 0 aromatic heterocycles. The van der Waals surface area contributed by atoms with Gasteiger partial charge in [-0.3, -0.25) is 4.79 Å². The molecule has 5 nitrogen and oxygen atoms in total. The Bertz CT molecular complexity index is 723. The summed E-state index contributed by atoms with van der Waals surface area (Å²) in [4.78, 5) is 14.9. The second kappa shape index (κ2) is 8.83. The Kier molecular flexibility index (Phi) is 6.26. The normalized spacial score (nSPS) is 16.6. The zero-order valence-electron chi connectivity index (χ0n) is 15.1. The highest BCUT2D eigenvalue weighted by Gasteiger charge is 2.23. The van der Waals surface area contributed by atoms with Crippen LogP contribution >= 0.6 is 0 Å². The maximum atomic E-state index is 13.1. The zero-order chi connectivity index (χ0) is 18.4. The quantitative estimate of drug-likeness (QED) is 0.828. The van der Waals surface area contributed by atoms with Crippen LogP contribution in [0.2, 0.25) is 0 Å². The van der Waals surface area contributed by atoms with Gasteiger partial charge in [0.2, 0.25) is 0 Å². The van der Waals surface area contributed by atoms with Crippen LogP contribution in [0.5, 0.6) is 5.75 Å². The van der Waals surface area contributed by atoms with Crippen LogP contribution in [0.25, 0.3) is 11.1 Å². The molecule has 0 bridgehead atoms. The topological polar surface area (TPSA) is 59.0 Å². The van der Waals surface area contributed by atoms with E-state index in [9.17, 15) is 9.90 Å². The predicted molar refractivity (Wildman–Crippen MR) is 100 cm³/mol. The molecule has 0 unspecified atom stereocenters. The van der Waals surface area contributed by atoms with E-state index in [-0.39, 0.29) is 17.8 Å². The summed E-state index contributed by atoms with van der Waals surface area (Å²) in [6, 6.07) is 14.5. The molecule has 138 valence electrons. The average Bonchev–Trinajstić information content (AvgIpc) is 3.18. The Morgan fingerprint density at radius 2 is 2.04 bits per heavy atom. The van der Waals surface area contributed by atoms with E-state index >= 15 is 0 Å². The first kappa shape index (κ1) is 18.4. The molecule has 0 saturated carbocycles. The third-order valence-corrected chi connectivity index (χ3v) is 4.61. The van der Waals surface area contributed by atoms with Crippen LogP contribution in [0.1, 0.15) is 23.2 Å². The number of nitrogens with zero attached hydrogens (tertiary/aromatic N) is 1.